The highest BCUT2D eigenvalue weighted by Gasteiger charge is 2.22. The lowest BCUT2D eigenvalue weighted by Gasteiger charge is -2.22. The second-order valence-corrected chi connectivity index (χ2v) is 5.45. The Morgan fingerprint density at radius 1 is 1.60 bits per heavy atom. The number of methoxy groups -OCH3 is 1. The first-order valence-corrected chi connectivity index (χ1v) is 7.14. The largest absolute Gasteiger partial charge is 0.497 e. The van der Waals surface area contributed by atoms with Crippen molar-refractivity contribution in [2.75, 3.05) is 32.2 Å². The minimum Gasteiger partial charge on any atom is -0.497 e. The number of hydrogen-bond acceptors (Lipinski definition) is 6. The van der Waals surface area contributed by atoms with Gasteiger partial charge in [-0.15, -0.1) is 0 Å². The molecule has 0 spiro atoms. The third kappa shape index (κ3) is 2.74. The van der Waals surface area contributed by atoms with Crippen molar-refractivity contribution in [1.82, 2.24) is 10.3 Å². The molecule has 2 heterocycles. The molecule has 0 saturated carbocycles. The zero-order valence-electron chi connectivity index (χ0n) is 11.0. The van der Waals surface area contributed by atoms with E-state index in [9.17, 15) is 4.79 Å². The Kier molecular flexibility index (Phi) is 3.81. The first-order valence-electron chi connectivity index (χ1n) is 6.33. The smallest absolute Gasteiger partial charge is 0.245 e. The molecule has 1 amide bonds. The number of rotatable bonds is 3. The molecule has 2 aromatic rings. The predicted octanol–water partition coefficient (Wildman–Crippen LogP) is 1.23. The van der Waals surface area contributed by atoms with Gasteiger partial charge in [0.2, 0.25) is 5.91 Å². The molecule has 1 aromatic heterocycles. The number of morpholine rings is 1. The van der Waals surface area contributed by atoms with Crippen LogP contribution in [0.25, 0.3) is 10.2 Å². The van der Waals surface area contributed by atoms with Crippen LogP contribution in [-0.4, -0.2) is 43.8 Å². The third-order valence-electron chi connectivity index (χ3n) is 3.06. The normalized spacial score (nSPS) is 18.9. The zero-order chi connectivity index (χ0) is 13.9. The van der Waals surface area contributed by atoms with E-state index in [4.69, 9.17) is 9.47 Å². The van der Waals surface area contributed by atoms with Crippen LogP contribution < -0.4 is 15.4 Å². The highest BCUT2D eigenvalue weighted by molar-refractivity contribution is 7.22. The fourth-order valence-electron chi connectivity index (χ4n) is 2.01. The molecular weight excluding hydrogens is 278 g/mol. The van der Waals surface area contributed by atoms with Gasteiger partial charge >= 0.3 is 0 Å². The van der Waals surface area contributed by atoms with Crippen LogP contribution in [0, 0.1) is 0 Å². The van der Waals surface area contributed by atoms with Crippen LogP contribution in [0.15, 0.2) is 18.2 Å². The number of nitrogens with zero attached hydrogens (tertiary/aromatic N) is 1. The van der Waals surface area contributed by atoms with Gasteiger partial charge < -0.3 is 20.1 Å². The molecule has 1 aromatic carbocycles. The molecule has 1 unspecified atom stereocenters. The molecule has 1 saturated heterocycles. The molecule has 1 aliphatic rings. The van der Waals surface area contributed by atoms with Crippen LogP contribution >= 0.6 is 11.3 Å². The Morgan fingerprint density at radius 2 is 2.50 bits per heavy atom. The fraction of sp³-hybridized carbons (Fsp3) is 0.385. The molecule has 106 valence electrons. The molecule has 1 fully saturated rings. The van der Waals surface area contributed by atoms with E-state index in [-0.39, 0.29) is 11.9 Å². The summed E-state index contributed by atoms with van der Waals surface area (Å²) in [6.07, 6.45) is 0. The minimum absolute atomic E-state index is 0.115. The number of amides is 1. The maximum atomic E-state index is 12.1. The number of fused-ring (bicyclic) bond motifs is 1. The number of aromatic nitrogens is 1. The summed E-state index contributed by atoms with van der Waals surface area (Å²) in [4.78, 5) is 16.4. The Labute approximate surface area is 120 Å². The van der Waals surface area contributed by atoms with E-state index in [1.54, 1.807) is 7.11 Å². The van der Waals surface area contributed by atoms with Gasteiger partial charge in [0.25, 0.3) is 0 Å². The van der Waals surface area contributed by atoms with E-state index in [1.165, 1.54) is 11.3 Å². The quantitative estimate of drug-likeness (QED) is 0.890. The van der Waals surface area contributed by atoms with Gasteiger partial charge in [0.05, 0.1) is 30.5 Å². The number of hydrogen-bond donors (Lipinski definition) is 2. The molecule has 0 aliphatic carbocycles. The maximum Gasteiger partial charge on any atom is 0.245 e. The lowest BCUT2D eigenvalue weighted by Crippen LogP contribution is -2.48. The van der Waals surface area contributed by atoms with E-state index >= 15 is 0 Å². The monoisotopic (exact) mass is 293 g/mol. The van der Waals surface area contributed by atoms with Crippen LogP contribution in [-0.2, 0) is 9.53 Å². The summed E-state index contributed by atoms with van der Waals surface area (Å²) in [6, 6.07) is 5.32. The number of benzene rings is 1. The zero-order valence-corrected chi connectivity index (χ0v) is 11.8. The number of thiazole rings is 1. The first kappa shape index (κ1) is 13.3. The van der Waals surface area contributed by atoms with E-state index in [0.717, 1.165) is 16.0 Å². The van der Waals surface area contributed by atoms with Crippen LogP contribution in [0.5, 0.6) is 5.75 Å². The van der Waals surface area contributed by atoms with E-state index in [1.807, 2.05) is 18.2 Å². The van der Waals surface area contributed by atoms with Gasteiger partial charge in [-0.05, 0) is 18.2 Å². The summed E-state index contributed by atoms with van der Waals surface area (Å²) >= 11 is 1.43. The number of nitrogens with one attached hydrogen (secondary N) is 2. The Bertz CT molecular complexity index is 622. The Balaban J connectivity index is 1.75. The lowest BCUT2D eigenvalue weighted by atomic mass is 10.2. The van der Waals surface area contributed by atoms with Gasteiger partial charge in [0.1, 0.15) is 11.8 Å². The number of anilines is 1. The fourth-order valence-corrected chi connectivity index (χ4v) is 2.91. The Hall–Kier alpha value is -1.70. The predicted molar refractivity (Wildman–Crippen MR) is 77.4 cm³/mol. The average molecular weight is 293 g/mol. The van der Waals surface area contributed by atoms with Crippen LogP contribution in [0.2, 0.25) is 0 Å². The van der Waals surface area contributed by atoms with Crippen molar-refractivity contribution in [3.8, 4) is 5.75 Å². The molecule has 2 N–H and O–H groups in total. The second kappa shape index (κ2) is 5.74. The van der Waals surface area contributed by atoms with Gasteiger partial charge in [-0.2, -0.15) is 0 Å². The van der Waals surface area contributed by atoms with Crippen molar-refractivity contribution < 1.29 is 14.3 Å². The second-order valence-electron chi connectivity index (χ2n) is 4.42. The Morgan fingerprint density at radius 3 is 3.25 bits per heavy atom. The summed E-state index contributed by atoms with van der Waals surface area (Å²) in [5.74, 6) is 0.664. The molecule has 1 atom stereocenters. The summed E-state index contributed by atoms with van der Waals surface area (Å²) in [5.41, 5.74) is 0.846. The van der Waals surface area contributed by atoms with Crippen LogP contribution in [0.3, 0.4) is 0 Å². The average Bonchev–Trinajstić information content (AvgIpc) is 2.89. The highest BCUT2D eigenvalue weighted by atomic mass is 32.1. The standard InChI is InChI=1S/C13H15N3O3S/c1-18-8-2-3-9-11(6-8)20-13(15-9)16-12(17)10-7-19-5-4-14-10/h2-3,6,10,14H,4-5,7H2,1H3,(H,15,16,17). The summed E-state index contributed by atoms with van der Waals surface area (Å²) in [5, 5.41) is 6.52. The number of ether oxygens (including phenoxy) is 2. The van der Waals surface area contributed by atoms with Crippen molar-refractivity contribution in [1.29, 1.82) is 0 Å². The van der Waals surface area contributed by atoms with E-state index in [0.29, 0.717) is 24.9 Å². The van der Waals surface area contributed by atoms with Gasteiger partial charge in [-0.25, -0.2) is 4.98 Å². The summed E-state index contributed by atoms with van der Waals surface area (Å²) < 4.78 is 11.4. The van der Waals surface area contributed by atoms with Gasteiger partial charge in [-0.1, -0.05) is 11.3 Å². The van der Waals surface area contributed by atoms with Crippen molar-refractivity contribution >= 4 is 32.6 Å². The van der Waals surface area contributed by atoms with Crippen molar-refractivity contribution in [2.45, 2.75) is 6.04 Å². The summed E-state index contributed by atoms with van der Waals surface area (Å²) in [7, 11) is 1.62. The molecule has 7 heteroatoms. The molecular formula is C13H15N3O3S. The maximum absolute atomic E-state index is 12.1. The molecule has 20 heavy (non-hydrogen) atoms. The van der Waals surface area contributed by atoms with Gasteiger partial charge in [0, 0.05) is 6.54 Å². The molecule has 0 radical (unpaired) electrons. The van der Waals surface area contributed by atoms with E-state index in [2.05, 4.69) is 15.6 Å². The lowest BCUT2D eigenvalue weighted by molar-refractivity contribution is -0.120. The van der Waals surface area contributed by atoms with Gasteiger partial charge in [-0.3, -0.25) is 4.79 Å². The first-order chi connectivity index (χ1) is 9.76. The molecule has 0 bridgehead atoms. The third-order valence-corrected chi connectivity index (χ3v) is 4.00. The number of carbonyl (C=O) groups is 1. The molecule has 6 nitrogen and oxygen atoms in total. The van der Waals surface area contributed by atoms with Crippen LogP contribution in [0.4, 0.5) is 5.13 Å². The van der Waals surface area contributed by atoms with E-state index < -0.39 is 0 Å². The van der Waals surface area contributed by atoms with Crippen molar-refractivity contribution in [3.05, 3.63) is 18.2 Å². The van der Waals surface area contributed by atoms with Crippen molar-refractivity contribution in [2.24, 2.45) is 0 Å². The molecule has 1 aliphatic heterocycles. The summed E-state index contributed by atoms with van der Waals surface area (Å²) in [6.45, 7) is 1.73. The number of carbonyl (C=O) groups excluding carboxylic acids is 1. The minimum atomic E-state index is -0.315. The SMILES string of the molecule is COc1ccc2nc(NC(=O)C3COCCN3)sc2c1. The topological polar surface area (TPSA) is 72.5 Å². The van der Waals surface area contributed by atoms with Gasteiger partial charge in [0.15, 0.2) is 5.13 Å². The van der Waals surface area contributed by atoms with Crippen molar-refractivity contribution in [3.63, 3.8) is 0 Å². The molecule has 3 rings (SSSR count). The van der Waals surface area contributed by atoms with Crippen LogP contribution in [0.1, 0.15) is 0 Å². The highest BCUT2D eigenvalue weighted by Crippen LogP contribution is 2.29.